The van der Waals surface area contributed by atoms with Crippen molar-refractivity contribution in [3.63, 3.8) is 0 Å². The number of likely N-dealkylation sites (tertiary alicyclic amines) is 1. The predicted octanol–water partition coefficient (Wildman–Crippen LogP) is -0.260. The van der Waals surface area contributed by atoms with Gasteiger partial charge in [-0.3, -0.25) is 9.59 Å². The largest absolute Gasteiger partial charge is 0.391 e. The maximum absolute atomic E-state index is 12.1. The molecule has 1 rings (SSSR count). The quantitative estimate of drug-likeness (QED) is 0.699. The number of nitrogens with one attached hydrogen (secondary N) is 1. The second-order valence-electron chi connectivity index (χ2n) is 4.65. The summed E-state index contributed by atoms with van der Waals surface area (Å²) in [5.74, 6) is -0.248. The van der Waals surface area contributed by atoms with Gasteiger partial charge in [0.25, 0.3) is 0 Å². The van der Waals surface area contributed by atoms with Gasteiger partial charge in [-0.15, -0.1) is 0 Å². The molecule has 0 radical (unpaired) electrons. The highest BCUT2D eigenvalue weighted by atomic mass is 16.3. The van der Waals surface area contributed by atoms with Gasteiger partial charge in [0.1, 0.15) is 6.04 Å². The summed E-state index contributed by atoms with van der Waals surface area (Å²) in [7, 11) is 0. The standard InChI is InChI=1S/C11H20N2O3/c1-7(2)10(12-8(3)14)11(16)13-5-4-9(15)6-13/h7,9-10,15H,4-6H2,1-3H3,(H,12,14)/t9-,10?/m1/s1. The fourth-order valence-corrected chi connectivity index (χ4v) is 1.87. The Labute approximate surface area is 95.8 Å². The van der Waals surface area contributed by atoms with Crippen molar-refractivity contribution in [1.82, 2.24) is 10.2 Å². The van der Waals surface area contributed by atoms with Crippen molar-refractivity contribution < 1.29 is 14.7 Å². The van der Waals surface area contributed by atoms with E-state index in [2.05, 4.69) is 5.32 Å². The molecule has 92 valence electrons. The number of β-amino-alcohol motifs (C(OH)–C–C–N with tert-alkyl or cyclic N) is 1. The molecule has 1 heterocycles. The molecule has 0 saturated carbocycles. The lowest BCUT2D eigenvalue weighted by atomic mass is 10.0. The summed E-state index contributed by atoms with van der Waals surface area (Å²) < 4.78 is 0. The third kappa shape index (κ3) is 3.20. The molecule has 0 bridgehead atoms. The number of aliphatic hydroxyl groups excluding tert-OH is 1. The van der Waals surface area contributed by atoms with Crippen LogP contribution in [0.5, 0.6) is 0 Å². The maximum Gasteiger partial charge on any atom is 0.245 e. The molecule has 0 aliphatic carbocycles. The number of carbonyl (C=O) groups excluding carboxylic acids is 2. The van der Waals surface area contributed by atoms with Gasteiger partial charge in [-0.2, -0.15) is 0 Å². The Morgan fingerprint density at radius 1 is 1.44 bits per heavy atom. The van der Waals surface area contributed by atoms with Crippen LogP contribution in [0.4, 0.5) is 0 Å². The van der Waals surface area contributed by atoms with Crippen LogP contribution in [0.25, 0.3) is 0 Å². The number of rotatable bonds is 3. The second-order valence-corrected chi connectivity index (χ2v) is 4.65. The molecule has 0 aromatic carbocycles. The van der Waals surface area contributed by atoms with E-state index in [1.807, 2.05) is 13.8 Å². The minimum atomic E-state index is -0.484. The van der Waals surface area contributed by atoms with Crippen molar-refractivity contribution >= 4 is 11.8 Å². The number of nitrogens with zero attached hydrogens (tertiary/aromatic N) is 1. The van der Waals surface area contributed by atoms with Crippen LogP contribution in [0, 0.1) is 5.92 Å². The van der Waals surface area contributed by atoms with E-state index >= 15 is 0 Å². The lowest BCUT2D eigenvalue weighted by Gasteiger charge is -2.26. The third-order valence-corrected chi connectivity index (χ3v) is 2.77. The monoisotopic (exact) mass is 228 g/mol. The minimum absolute atomic E-state index is 0.0501. The third-order valence-electron chi connectivity index (χ3n) is 2.77. The first kappa shape index (κ1) is 13.0. The first-order valence-electron chi connectivity index (χ1n) is 5.65. The van der Waals surface area contributed by atoms with Gasteiger partial charge in [-0.1, -0.05) is 13.8 Å². The molecule has 2 atom stereocenters. The number of amides is 2. The Morgan fingerprint density at radius 3 is 2.44 bits per heavy atom. The van der Waals surface area contributed by atoms with Crippen molar-refractivity contribution in [3.8, 4) is 0 Å². The SMILES string of the molecule is CC(=O)NC(C(=O)N1CC[C@@H](O)C1)C(C)C. The summed E-state index contributed by atoms with van der Waals surface area (Å²) >= 11 is 0. The Morgan fingerprint density at radius 2 is 2.06 bits per heavy atom. The molecule has 16 heavy (non-hydrogen) atoms. The van der Waals surface area contributed by atoms with Gasteiger partial charge in [0, 0.05) is 20.0 Å². The summed E-state index contributed by atoms with van der Waals surface area (Å²) in [6, 6.07) is -0.484. The summed E-state index contributed by atoms with van der Waals surface area (Å²) in [6.07, 6.45) is 0.200. The van der Waals surface area contributed by atoms with Crippen LogP contribution in [-0.2, 0) is 9.59 Å². The van der Waals surface area contributed by atoms with Crippen LogP contribution in [-0.4, -0.2) is 47.1 Å². The zero-order chi connectivity index (χ0) is 12.3. The van der Waals surface area contributed by atoms with Gasteiger partial charge in [0.2, 0.25) is 11.8 Å². The molecule has 5 heteroatoms. The van der Waals surface area contributed by atoms with Crippen molar-refractivity contribution in [2.45, 2.75) is 39.3 Å². The predicted molar refractivity (Wildman–Crippen MR) is 59.6 cm³/mol. The van der Waals surface area contributed by atoms with Crippen LogP contribution >= 0.6 is 0 Å². The van der Waals surface area contributed by atoms with Crippen LogP contribution in [0.2, 0.25) is 0 Å². The highest BCUT2D eigenvalue weighted by molar-refractivity contribution is 5.87. The highest BCUT2D eigenvalue weighted by Crippen LogP contribution is 2.13. The number of carbonyl (C=O) groups is 2. The van der Waals surface area contributed by atoms with Gasteiger partial charge in [0.15, 0.2) is 0 Å². The van der Waals surface area contributed by atoms with E-state index in [0.717, 1.165) is 0 Å². The molecular formula is C11H20N2O3. The van der Waals surface area contributed by atoms with Crippen molar-refractivity contribution in [2.75, 3.05) is 13.1 Å². The molecule has 1 fully saturated rings. The number of aliphatic hydroxyl groups is 1. The molecule has 1 aliphatic heterocycles. The van der Waals surface area contributed by atoms with Crippen LogP contribution in [0.1, 0.15) is 27.2 Å². The van der Waals surface area contributed by atoms with E-state index in [1.54, 1.807) is 4.90 Å². The molecule has 0 aromatic heterocycles. The highest BCUT2D eigenvalue weighted by Gasteiger charge is 2.31. The Hall–Kier alpha value is -1.10. The van der Waals surface area contributed by atoms with Crippen molar-refractivity contribution in [1.29, 1.82) is 0 Å². The van der Waals surface area contributed by atoms with Crippen molar-refractivity contribution in [3.05, 3.63) is 0 Å². The molecule has 2 amide bonds. The average Bonchev–Trinajstić information content (AvgIpc) is 2.59. The smallest absolute Gasteiger partial charge is 0.245 e. The van der Waals surface area contributed by atoms with Gasteiger partial charge in [-0.05, 0) is 12.3 Å². The lowest BCUT2D eigenvalue weighted by molar-refractivity contribution is -0.136. The molecule has 1 aliphatic rings. The molecule has 0 spiro atoms. The number of hydrogen-bond donors (Lipinski definition) is 2. The lowest BCUT2D eigenvalue weighted by Crippen LogP contribution is -2.50. The zero-order valence-corrected chi connectivity index (χ0v) is 10.1. The Balaban J connectivity index is 2.63. The molecular weight excluding hydrogens is 208 g/mol. The van der Waals surface area contributed by atoms with E-state index in [0.29, 0.717) is 19.5 Å². The average molecular weight is 228 g/mol. The van der Waals surface area contributed by atoms with E-state index < -0.39 is 12.1 Å². The Kier molecular flexibility index (Phi) is 4.29. The summed E-state index contributed by atoms with van der Waals surface area (Å²) in [5.41, 5.74) is 0. The Bertz CT molecular complexity index is 278. The van der Waals surface area contributed by atoms with Gasteiger partial charge >= 0.3 is 0 Å². The van der Waals surface area contributed by atoms with E-state index in [9.17, 15) is 14.7 Å². The zero-order valence-electron chi connectivity index (χ0n) is 10.1. The molecule has 1 saturated heterocycles. The summed E-state index contributed by atoms with van der Waals surface area (Å²) in [4.78, 5) is 24.7. The van der Waals surface area contributed by atoms with E-state index in [4.69, 9.17) is 0 Å². The normalized spacial score (nSPS) is 22.3. The maximum atomic E-state index is 12.1. The molecule has 0 aromatic rings. The fraction of sp³-hybridized carbons (Fsp3) is 0.818. The van der Waals surface area contributed by atoms with Gasteiger partial charge in [0.05, 0.1) is 6.10 Å². The van der Waals surface area contributed by atoms with E-state index in [-0.39, 0.29) is 17.7 Å². The molecule has 5 nitrogen and oxygen atoms in total. The van der Waals surface area contributed by atoms with E-state index in [1.165, 1.54) is 6.92 Å². The topological polar surface area (TPSA) is 69.6 Å². The fourth-order valence-electron chi connectivity index (χ4n) is 1.87. The second kappa shape index (κ2) is 5.30. The molecule has 1 unspecified atom stereocenters. The molecule has 2 N–H and O–H groups in total. The first-order chi connectivity index (χ1) is 7.41. The van der Waals surface area contributed by atoms with Crippen LogP contribution in [0.3, 0.4) is 0 Å². The number of hydrogen-bond acceptors (Lipinski definition) is 3. The van der Waals surface area contributed by atoms with Gasteiger partial charge in [-0.25, -0.2) is 0 Å². The van der Waals surface area contributed by atoms with Gasteiger partial charge < -0.3 is 15.3 Å². The summed E-state index contributed by atoms with van der Waals surface area (Å²) in [6.45, 7) is 6.14. The minimum Gasteiger partial charge on any atom is -0.391 e. The summed E-state index contributed by atoms with van der Waals surface area (Å²) in [5, 5.41) is 12.0. The van der Waals surface area contributed by atoms with Crippen LogP contribution in [0.15, 0.2) is 0 Å². The van der Waals surface area contributed by atoms with Crippen LogP contribution < -0.4 is 5.32 Å². The first-order valence-corrected chi connectivity index (χ1v) is 5.65. The van der Waals surface area contributed by atoms with Crippen molar-refractivity contribution in [2.24, 2.45) is 5.92 Å².